The lowest BCUT2D eigenvalue weighted by atomic mass is 10.5. The van der Waals surface area contributed by atoms with E-state index in [4.69, 9.17) is 6.85 Å². The van der Waals surface area contributed by atoms with E-state index >= 15 is 0 Å². The van der Waals surface area contributed by atoms with Crippen LogP contribution in [-0.2, 0) is 5.11 Å². The van der Waals surface area contributed by atoms with Gasteiger partial charge in [0.15, 0.2) is 0 Å². The zero-order chi connectivity index (χ0) is 7.71. The van der Waals surface area contributed by atoms with E-state index in [0.29, 0.717) is 0 Å². The van der Waals surface area contributed by atoms with Crippen molar-refractivity contribution in [2.45, 2.75) is 13.3 Å². The molecule has 0 N–H and O–H groups in total. The lowest BCUT2D eigenvalue weighted by Crippen LogP contribution is -1.66. The predicted molar refractivity (Wildman–Crippen MR) is 15.8 cm³/mol. The normalized spacial score (nSPS) is 32.8. The van der Waals surface area contributed by atoms with Crippen molar-refractivity contribution < 1.29 is 12.0 Å². The first-order valence-electron chi connectivity index (χ1n) is 3.51. The van der Waals surface area contributed by atoms with Gasteiger partial charge in [-0.2, -0.15) is 0 Å². The van der Waals surface area contributed by atoms with Crippen LogP contribution < -0.4 is 0 Å². The standard InChI is InChI=1S/C3H7O/c1-2-3-4/h2-3H2,1H3/i1D,2D2,3D2. The number of rotatable bonds is 1. The van der Waals surface area contributed by atoms with Gasteiger partial charge in [0.25, 0.3) is 0 Å². The molecule has 0 aromatic rings. The molecule has 0 rings (SSSR count). The zero-order valence-corrected chi connectivity index (χ0v) is 2.12. The molecule has 1 heteroatoms. The third kappa shape index (κ3) is 1.96. The van der Waals surface area contributed by atoms with Gasteiger partial charge in [-0.05, 0) is 6.37 Å². The van der Waals surface area contributed by atoms with Crippen molar-refractivity contribution >= 4 is 0 Å². The van der Waals surface area contributed by atoms with Gasteiger partial charge in [-0.15, -0.1) is 0 Å². The second-order valence-corrected chi connectivity index (χ2v) is 0.279. The summed E-state index contributed by atoms with van der Waals surface area (Å²) >= 11 is 0. The fourth-order valence-electron chi connectivity index (χ4n) is 0. The van der Waals surface area contributed by atoms with Gasteiger partial charge in [0, 0.05) is 4.11 Å². The maximum Gasteiger partial charge on any atom is 0.0819 e. The van der Waals surface area contributed by atoms with Crippen molar-refractivity contribution in [2.75, 3.05) is 6.56 Å². The molecule has 0 heterocycles. The Balaban J connectivity index is 4.14. The van der Waals surface area contributed by atoms with E-state index in [0.717, 1.165) is 0 Å². The van der Waals surface area contributed by atoms with E-state index in [9.17, 15) is 5.11 Å². The fraction of sp³-hybridized carbons (Fsp3) is 1.00. The Labute approximate surface area is 33.3 Å². The summed E-state index contributed by atoms with van der Waals surface area (Å²) in [6.45, 7) is -4.00. The second-order valence-electron chi connectivity index (χ2n) is 0.279. The third-order valence-corrected chi connectivity index (χ3v) is 0.0722. The molecule has 0 aliphatic carbocycles. The van der Waals surface area contributed by atoms with Crippen LogP contribution in [0.5, 0.6) is 0 Å². The molecule has 0 aromatic heterocycles. The summed E-state index contributed by atoms with van der Waals surface area (Å²) in [5.41, 5.74) is 0. The summed E-state index contributed by atoms with van der Waals surface area (Å²) in [5.74, 6) is 0. The Morgan fingerprint density at radius 1 is 2.50 bits per heavy atom. The summed E-state index contributed by atoms with van der Waals surface area (Å²) in [7, 11) is 0. The highest BCUT2D eigenvalue weighted by Crippen LogP contribution is 1.62. The van der Waals surface area contributed by atoms with Crippen LogP contribution in [0.2, 0.25) is 0 Å². The highest BCUT2D eigenvalue weighted by molar-refractivity contribution is 4.09. The van der Waals surface area contributed by atoms with Crippen molar-refractivity contribution in [3.63, 3.8) is 0 Å². The van der Waals surface area contributed by atoms with Crippen LogP contribution in [-0.4, -0.2) is 6.56 Å². The number of hydrogen-bond donors (Lipinski definition) is 0. The molecule has 0 unspecified atom stereocenters. The molecule has 0 bridgehead atoms. The molecule has 0 amide bonds. The first-order chi connectivity index (χ1) is 3.81. The van der Waals surface area contributed by atoms with Crippen LogP contribution in [0.15, 0.2) is 0 Å². The molecule has 0 aliphatic heterocycles. The van der Waals surface area contributed by atoms with E-state index in [1.807, 2.05) is 0 Å². The molecule has 0 aromatic carbocycles. The van der Waals surface area contributed by atoms with Crippen molar-refractivity contribution in [3.8, 4) is 0 Å². The minimum atomic E-state index is -3.16. The Morgan fingerprint density at radius 3 is 3.25 bits per heavy atom. The predicted octanol–water partition coefficient (Wildman–Crippen LogP) is 0.827. The molecule has 0 fully saturated rings. The minimum Gasteiger partial charge on any atom is -0.237 e. The average molecular weight is 64.1 g/mol. The fourth-order valence-corrected chi connectivity index (χ4v) is 0. The van der Waals surface area contributed by atoms with Gasteiger partial charge in [0.2, 0.25) is 0 Å². The highest BCUT2D eigenvalue weighted by Gasteiger charge is 1.60. The van der Waals surface area contributed by atoms with E-state index in [1.165, 1.54) is 0 Å². The zero-order valence-electron chi connectivity index (χ0n) is 7.12. The molecule has 4 heavy (non-hydrogen) atoms. The Hall–Kier alpha value is -0.0400. The summed E-state index contributed by atoms with van der Waals surface area (Å²) in [6.07, 6.45) is -2.58. The lowest BCUT2D eigenvalue weighted by Gasteiger charge is -1.64. The maximum atomic E-state index is 10.2. The summed E-state index contributed by atoms with van der Waals surface area (Å²) in [6, 6.07) is 0. The second kappa shape index (κ2) is 2.96. The molecule has 0 aliphatic rings. The van der Waals surface area contributed by atoms with Crippen molar-refractivity contribution in [1.82, 2.24) is 0 Å². The maximum absolute atomic E-state index is 10.2. The van der Waals surface area contributed by atoms with Gasteiger partial charge in [-0.3, -0.25) is 0 Å². The van der Waals surface area contributed by atoms with Crippen LogP contribution in [0.25, 0.3) is 0 Å². The monoisotopic (exact) mass is 64.1 g/mol. The molecule has 0 saturated carbocycles. The van der Waals surface area contributed by atoms with Gasteiger partial charge in [0.1, 0.15) is 0 Å². The smallest absolute Gasteiger partial charge is 0.0819 e. The van der Waals surface area contributed by atoms with E-state index in [2.05, 4.69) is 0 Å². The summed E-state index contributed by atoms with van der Waals surface area (Å²) in [4.78, 5) is 0. The van der Waals surface area contributed by atoms with E-state index in [1.54, 1.807) is 0 Å². The molecule has 25 valence electrons. The molecule has 0 atom stereocenters. The molecule has 0 saturated heterocycles. The highest BCUT2D eigenvalue weighted by atomic mass is 16.2. The van der Waals surface area contributed by atoms with Gasteiger partial charge < -0.3 is 0 Å². The van der Waals surface area contributed by atoms with Crippen molar-refractivity contribution in [2.24, 2.45) is 0 Å². The number of hydrogen-bond acceptors (Lipinski definition) is 0. The van der Waals surface area contributed by atoms with Gasteiger partial charge in [0.05, 0.1) is 9.30 Å². The van der Waals surface area contributed by atoms with E-state index in [-0.39, 0.29) is 0 Å². The Kier molecular flexibility index (Phi) is 0.405. The SMILES string of the molecule is [2H]CC([2H])([2H])C([2H])([2H])[O]. The van der Waals surface area contributed by atoms with Crippen molar-refractivity contribution in [1.29, 1.82) is 0 Å². The Morgan fingerprint density at radius 2 is 3.25 bits per heavy atom. The molecular formula is C3H7O. The van der Waals surface area contributed by atoms with Crippen LogP contribution in [0, 0.1) is 0 Å². The third-order valence-electron chi connectivity index (χ3n) is 0.0722. The van der Waals surface area contributed by atoms with Gasteiger partial charge in [-0.1, -0.05) is 6.90 Å². The van der Waals surface area contributed by atoms with Crippen LogP contribution in [0.1, 0.15) is 20.1 Å². The summed E-state index contributed by atoms with van der Waals surface area (Å²) in [5, 5.41) is 10.2. The first kappa shape index (κ1) is 0.548. The van der Waals surface area contributed by atoms with Crippen LogP contribution in [0.3, 0.4) is 0 Å². The van der Waals surface area contributed by atoms with Gasteiger partial charge >= 0.3 is 0 Å². The molecule has 1 radical (unpaired) electrons. The topological polar surface area (TPSA) is 19.9 Å². The van der Waals surface area contributed by atoms with Gasteiger partial charge in [-0.25, -0.2) is 5.11 Å². The minimum absolute atomic E-state index is 0.844. The first-order valence-corrected chi connectivity index (χ1v) is 0.808. The largest absolute Gasteiger partial charge is 0.237 e. The molecule has 1 nitrogen and oxygen atoms in total. The quantitative estimate of drug-likeness (QED) is 0.430. The molecular weight excluding hydrogens is 52.0 g/mol. The molecule has 0 spiro atoms. The lowest BCUT2D eigenvalue weighted by molar-refractivity contribution is 0.193. The van der Waals surface area contributed by atoms with Crippen LogP contribution in [0.4, 0.5) is 0 Å². The Bertz CT molecular complexity index is 94.9. The summed E-state index contributed by atoms with van der Waals surface area (Å²) < 4.78 is 32.4. The van der Waals surface area contributed by atoms with Crippen molar-refractivity contribution in [3.05, 3.63) is 0 Å². The van der Waals surface area contributed by atoms with E-state index < -0.39 is 19.8 Å². The average Bonchev–Trinajstić information content (AvgIpc) is 1.64. The van der Waals surface area contributed by atoms with Crippen LogP contribution >= 0.6 is 0 Å².